The first kappa shape index (κ1) is 16.8. The van der Waals surface area contributed by atoms with Crippen LogP contribution in [0.3, 0.4) is 0 Å². The molecule has 2 aliphatic heterocycles. The van der Waals surface area contributed by atoms with Crippen LogP contribution in [0.4, 0.5) is 0 Å². The first-order chi connectivity index (χ1) is 11.2. The Kier molecular flexibility index (Phi) is 5.63. The van der Waals surface area contributed by atoms with Gasteiger partial charge >= 0.3 is 0 Å². The standard InChI is InChI=1S/C16H25N3O3S/c1-12-17-14(11-23-12)8-18-5-6-22-15-9-19(16(20)10-21-2)4-3-13(15)7-18/h11,13,15H,3-10H2,1-2H3/t13-,15-/m0/s1. The Morgan fingerprint density at radius 2 is 2.35 bits per heavy atom. The van der Waals surface area contributed by atoms with Crippen LogP contribution in [0.15, 0.2) is 5.38 Å². The maximum atomic E-state index is 12.0. The number of rotatable bonds is 4. The molecular formula is C16H25N3O3S. The van der Waals surface area contributed by atoms with Crippen LogP contribution < -0.4 is 0 Å². The lowest BCUT2D eigenvalue weighted by Crippen LogP contribution is -2.49. The predicted octanol–water partition coefficient (Wildman–Crippen LogP) is 1.15. The third-order valence-corrected chi connectivity index (χ3v) is 5.42. The molecule has 2 saturated heterocycles. The molecule has 2 fully saturated rings. The summed E-state index contributed by atoms with van der Waals surface area (Å²) < 4.78 is 11.0. The summed E-state index contributed by atoms with van der Waals surface area (Å²) >= 11 is 1.70. The van der Waals surface area contributed by atoms with E-state index in [-0.39, 0.29) is 18.6 Å². The van der Waals surface area contributed by atoms with E-state index < -0.39 is 0 Å². The highest BCUT2D eigenvalue weighted by atomic mass is 32.1. The summed E-state index contributed by atoms with van der Waals surface area (Å²) in [6.45, 7) is 7.25. The van der Waals surface area contributed by atoms with Gasteiger partial charge in [-0.3, -0.25) is 9.69 Å². The second-order valence-corrected chi connectivity index (χ2v) is 7.39. The topological polar surface area (TPSA) is 54.9 Å². The average molecular weight is 339 g/mol. The van der Waals surface area contributed by atoms with E-state index in [1.54, 1.807) is 18.4 Å². The van der Waals surface area contributed by atoms with Gasteiger partial charge in [-0.25, -0.2) is 4.98 Å². The molecule has 0 aromatic carbocycles. The highest BCUT2D eigenvalue weighted by Gasteiger charge is 2.34. The van der Waals surface area contributed by atoms with Gasteiger partial charge in [0.1, 0.15) is 6.61 Å². The van der Waals surface area contributed by atoms with Gasteiger partial charge < -0.3 is 14.4 Å². The highest BCUT2D eigenvalue weighted by Crippen LogP contribution is 2.25. The van der Waals surface area contributed by atoms with Crippen molar-refractivity contribution in [3.63, 3.8) is 0 Å². The van der Waals surface area contributed by atoms with Crippen molar-refractivity contribution in [3.8, 4) is 0 Å². The molecule has 3 rings (SSSR count). The normalized spacial score (nSPS) is 25.9. The van der Waals surface area contributed by atoms with E-state index in [0.717, 1.165) is 49.9 Å². The molecule has 3 heterocycles. The fourth-order valence-electron chi connectivity index (χ4n) is 3.41. The lowest BCUT2D eigenvalue weighted by Gasteiger charge is -2.38. The van der Waals surface area contributed by atoms with Crippen LogP contribution >= 0.6 is 11.3 Å². The van der Waals surface area contributed by atoms with E-state index >= 15 is 0 Å². The first-order valence-electron chi connectivity index (χ1n) is 8.17. The van der Waals surface area contributed by atoms with Crippen molar-refractivity contribution in [2.75, 3.05) is 46.5 Å². The number of amides is 1. The van der Waals surface area contributed by atoms with Gasteiger partial charge in [-0.2, -0.15) is 0 Å². The molecule has 23 heavy (non-hydrogen) atoms. The molecule has 0 unspecified atom stereocenters. The minimum absolute atomic E-state index is 0.0635. The van der Waals surface area contributed by atoms with Crippen molar-refractivity contribution < 1.29 is 14.3 Å². The number of ether oxygens (including phenoxy) is 2. The molecule has 0 spiro atoms. The minimum Gasteiger partial charge on any atom is -0.375 e. The monoisotopic (exact) mass is 339 g/mol. The van der Waals surface area contributed by atoms with Gasteiger partial charge in [-0.1, -0.05) is 0 Å². The van der Waals surface area contributed by atoms with Crippen molar-refractivity contribution in [3.05, 3.63) is 16.1 Å². The molecule has 2 atom stereocenters. The molecule has 1 amide bonds. The van der Waals surface area contributed by atoms with Crippen molar-refractivity contribution in [1.82, 2.24) is 14.8 Å². The van der Waals surface area contributed by atoms with E-state index in [0.29, 0.717) is 12.5 Å². The van der Waals surface area contributed by atoms with Gasteiger partial charge in [0.25, 0.3) is 0 Å². The Hall–Kier alpha value is -1.02. The maximum absolute atomic E-state index is 12.0. The Bertz CT molecular complexity index is 536. The number of aryl methyl sites for hydroxylation is 1. The number of likely N-dealkylation sites (tertiary alicyclic amines) is 1. The summed E-state index contributed by atoms with van der Waals surface area (Å²) in [6, 6.07) is 0. The molecule has 0 aliphatic carbocycles. The van der Waals surface area contributed by atoms with Crippen LogP contribution in [-0.4, -0.2) is 73.3 Å². The molecule has 128 valence electrons. The lowest BCUT2D eigenvalue weighted by molar-refractivity contribution is -0.140. The van der Waals surface area contributed by atoms with Gasteiger partial charge in [-0.15, -0.1) is 11.3 Å². The number of carbonyl (C=O) groups excluding carboxylic acids is 1. The maximum Gasteiger partial charge on any atom is 0.248 e. The average Bonchev–Trinajstić information content (AvgIpc) is 2.82. The SMILES string of the molecule is COCC(=O)N1CC[C@H]2CN(Cc3csc(C)n3)CCO[C@H]2C1. The molecule has 6 nitrogen and oxygen atoms in total. The quantitative estimate of drug-likeness (QED) is 0.824. The van der Waals surface area contributed by atoms with Crippen molar-refractivity contribution >= 4 is 17.2 Å². The predicted molar refractivity (Wildman–Crippen MR) is 88.4 cm³/mol. The molecule has 1 aromatic heterocycles. The Labute approximate surface area is 141 Å². The van der Waals surface area contributed by atoms with Gasteiger partial charge in [0.15, 0.2) is 0 Å². The van der Waals surface area contributed by atoms with Crippen molar-refractivity contribution in [1.29, 1.82) is 0 Å². The van der Waals surface area contributed by atoms with E-state index in [2.05, 4.69) is 15.3 Å². The summed E-state index contributed by atoms with van der Waals surface area (Å²) in [7, 11) is 1.56. The largest absolute Gasteiger partial charge is 0.375 e. The number of piperidine rings is 1. The first-order valence-corrected chi connectivity index (χ1v) is 9.05. The molecule has 7 heteroatoms. The third-order valence-electron chi connectivity index (χ3n) is 4.60. The molecular weight excluding hydrogens is 314 g/mol. The fraction of sp³-hybridized carbons (Fsp3) is 0.750. The van der Waals surface area contributed by atoms with Crippen LogP contribution in [0.2, 0.25) is 0 Å². The van der Waals surface area contributed by atoms with Crippen LogP contribution in [0.25, 0.3) is 0 Å². The highest BCUT2D eigenvalue weighted by molar-refractivity contribution is 7.09. The number of hydrogen-bond donors (Lipinski definition) is 0. The Morgan fingerprint density at radius 1 is 1.48 bits per heavy atom. The molecule has 1 aromatic rings. The number of nitrogens with zero attached hydrogens (tertiary/aromatic N) is 3. The number of methoxy groups -OCH3 is 1. The molecule has 2 aliphatic rings. The zero-order chi connectivity index (χ0) is 16.2. The fourth-order valence-corrected chi connectivity index (χ4v) is 4.02. The number of carbonyl (C=O) groups is 1. The zero-order valence-electron chi connectivity index (χ0n) is 13.9. The van der Waals surface area contributed by atoms with E-state index in [9.17, 15) is 4.79 Å². The van der Waals surface area contributed by atoms with Gasteiger partial charge in [-0.05, 0) is 13.3 Å². The summed E-state index contributed by atoms with van der Waals surface area (Å²) in [6.07, 6.45) is 1.14. The van der Waals surface area contributed by atoms with Gasteiger partial charge in [0.2, 0.25) is 5.91 Å². The Morgan fingerprint density at radius 3 is 3.09 bits per heavy atom. The van der Waals surface area contributed by atoms with E-state index in [1.807, 2.05) is 11.8 Å². The second kappa shape index (κ2) is 7.70. The van der Waals surface area contributed by atoms with Crippen LogP contribution in [-0.2, 0) is 20.8 Å². The third kappa shape index (κ3) is 4.29. The van der Waals surface area contributed by atoms with Gasteiger partial charge in [0.05, 0.1) is 23.4 Å². The number of hydrogen-bond acceptors (Lipinski definition) is 6. The smallest absolute Gasteiger partial charge is 0.248 e. The second-order valence-electron chi connectivity index (χ2n) is 6.32. The van der Waals surface area contributed by atoms with Gasteiger partial charge in [0, 0.05) is 51.1 Å². The zero-order valence-corrected chi connectivity index (χ0v) is 14.7. The lowest BCUT2D eigenvalue weighted by atomic mass is 9.93. The van der Waals surface area contributed by atoms with Crippen molar-refractivity contribution in [2.45, 2.75) is 26.0 Å². The minimum atomic E-state index is 0.0635. The molecule has 0 bridgehead atoms. The molecule has 0 N–H and O–H groups in total. The van der Waals surface area contributed by atoms with E-state index in [1.165, 1.54) is 0 Å². The molecule has 0 saturated carbocycles. The van der Waals surface area contributed by atoms with Crippen LogP contribution in [0.5, 0.6) is 0 Å². The van der Waals surface area contributed by atoms with Crippen LogP contribution in [0, 0.1) is 12.8 Å². The van der Waals surface area contributed by atoms with Crippen LogP contribution in [0.1, 0.15) is 17.1 Å². The molecule has 0 radical (unpaired) electrons. The Balaban J connectivity index is 1.57. The van der Waals surface area contributed by atoms with Crippen molar-refractivity contribution in [2.24, 2.45) is 5.92 Å². The summed E-state index contributed by atoms with van der Waals surface area (Å²) in [5, 5.41) is 3.26. The summed E-state index contributed by atoms with van der Waals surface area (Å²) in [5.74, 6) is 0.553. The summed E-state index contributed by atoms with van der Waals surface area (Å²) in [5.41, 5.74) is 1.15. The number of fused-ring (bicyclic) bond motifs is 1. The summed E-state index contributed by atoms with van der Waals surface area (Å²) in [4.78, 5) is 20.9. The number of aromatic nitrogens is 1. The van der Waals surface area contributed by atoms with E-state index in [4.69, 9.17) is 9.47 Å². The number of thiazole rings is 1.